The van der Waals surface area contributed by atoms with E-state index in [1.165, 1.54) is 0 Å². The molecule has 5 nitrogen and oxygen atoms in total. The highest BCUT2D eigenvalue weighted by molar-refractivity contribution is 9.10. The molecule has 5 rings (SSSR count). The molecule has 0 aliphatic carbocycles. The summed E-state index contributed by atoms with van der Waals surface area (Å²) in [6.45, 7) is 2.21. The molecule has 0 N–H and O–H groups in total. The SMILES string of the molecule is COc1cc2c(cc1OC)[C@H](c1ccccc1)N(S(=O)(=O)c1ccc(C)cc1)C[C@@H]2c1ccccc1Br. The lowest BCUT2D eigenvalue weighted by atomic mass is 9.80. The topological polar surface area (TPSA) is 55.8 Å². The molecule has 0 spiro atoms. The fourth-order valence-corrected chi connectivity index (χ4v) is 7.25. The molecule has 37 heavy (non-hydrogen) atoms. The van der Waals surface area contributed by atoms with Gasteiger partial charge in [-0.15, -0.1) is 0 Å². The van der Waals surface area contributed by atoms with Crippen LogP contribution in [0.4, 0.5) is 0 Å². The molecule has 0 radical (unpaired) electrons. The molecule has 1 heterocycles. The van der Waals surface area contributed by atoms with Crippen molar-refractivity contribution < 1.29 is 17.9 Å². The van der Waals surface area contributed by atoms with Crippen LogP contribution in [0.1, 0.15) is 39.8 Å². The Morgan fingerprint density at radius 3 is 2.00 bits per heavy atom. The molecule has 0 aromatic heterocycles. The molecule has 1 aliphatic rings. The van der Waals surface area contributed by atoms with E-state index in [4.69, 9.17) is 9.47 Å². The molecular weight excluding hydrogens is 550 g/mol. The molecule has 2 atom stereocenters. The molecule has 0 amide bonds. The third-order valence-electron chi connectivity index (χ3n) is 6.93. The Balaban J connectivity index is 1.80. The smallest absolute Gasteiger partial charge is 0.243 e. The number of nitrogens with zero attached hydrogens (tertiary/aromatic N) is 1. The van der Waals surface area contributed by atoms with Crippen LogP contribution in [0, 0.1) is 6.92 Å². The highest BCUT2D eigenvalue weighted by Crippen LogP contribution is 2.49. The summed E-state index contributed by atoms with van der Waals surface area (Å²) in [6.07, 6.45) is 0. The summed E-state index contributed by atoms with van der Waals surface area (Å²) in [5, 5.41) is 0. The zero-order chi connectivity index (χ0) is 26.2. The Morgan fingerprint density at radius 1 is 0.784 bits per heavy atom. The fourth-order valence-electron chi connectivity index (χ4n) is 5.08. The lowest BCUT2D eigenvalue weighted by Crippen LogP contribution is -2.42. The van der Waals surface area contributed by atoms with Gasteiger partial charge < -0.3 is 9.47 Å². The van der Waals surface area contributed by atoms with E-state index in [0.717, 1.165) is 32.3 Å². The van der Waals surface area contributed by atoms with Crippen molar-refractivity contribution in [2.24, 2.45) is 0 Å². The Hall–Kier alpha value is -3.13. The van der Waals surface area contributed by atoms with Crippen molar-refractivity contribution >= 4 is 26.0 Å². The number of halogens is 1. The average molecular weight is 579 g/mol. The minimum absolute atomic E-state index is 0.231. The van der Waals surface area contributed by atoms with Gasteiger partial charge in [0.25, 0.3) is 0 Å². The number of sulfonamides is 1. The van der Waals surface area contributed by atoms with Gasteiger partial charge in [0.2, 0.25) is 10.0 Å². The second-order valence-electron chi connectivity index (χ2n) is 9.11. The number of hydrogen-bond donors (Lipinski definition) is 0. The molecule has 4 aromatic carbocycles. The number of ether oxygens (including phenoxy) is 2. The van der Waals surface area contributed by atoms with Gasteiger partial charge in [0.05, 0.1) is 25.2 Å². The van der Waals surface area contributed by atoms with Crippen molar-refractivity contribution in [1.82, 2.24) is 4.31 Å². The Kier molecular flexibility index (Phi) is 7.12. The number of methoxy groups -OCH3 is 2. The van der Waals surface area contributed by atoms with E-state index in [2.05, 4.69) is 15.9 Å². The Labute approximate surface area is 226 Å². The van der Waals surface area contributed by atoms with Crippen LogP contribution in [0.3, 0.4) is 0 Å². The molecule has 1 aliphatic heterocycles. The maximum Gasteiger partial charge on any atom is 0.243 e. The summed E-state index contributed by atoms with van der Waals surface area (Å²) >= 11 is 3.71. The molecule has 0 saturated carbocycles. The minimum Gasteiger partial charge on any atom is -0.493 e. The van der Waals surface area contributed by atoms with Crippen LogP contribution in [0.5, 0.6) is 11.5 Å². The summed E-state index contributed by atoms with van der Waals surface area (Å²) in [4.78, 5) is 0.272. The summed E-state index contributed by atoms with van der Waals surface area (Å²) < 4.78 is 42.5. The number of rotatable bonds is 6. The Morgan fingerprint density at radius 2 is 1.38 bits per heavy atom. The molecule has 7 heteroatoms. The summed E-state index contributed by atoms with van der Waals surface area (Å²) in [5.41, 5.74) is 4.77. The number of fused-ring (bicyclic) bond motifs is 1. The first kappa shape index (κ1) is 25.5. The van der Waals surface area contributed by atoms with Crippen molar-refractivity contribution in [1.29, 1.82) is 0 Å². The van der Waals surface area contributed by atoms with Gasteiger partial charge in [-0.1, -0.05) is 82.2 Å². The molecule has 0 unspecified atom stereocenters. The standard InChI is InChI=1S/C30H28BrNO4S/c1-20-13-15-22(16-14-20)37(33,34)32-19-26(23-11-7-8-12-27(23)31)24-17-28(35-2)29(36-3)18-25(24)30(32)21-9-5-4-6-10-21/h4-18,26,30H,19H2,1-3H3/t26-,30+/m1/s1. The number of aryl methyl sites for hydroxylation is 1. The number of benzene rings is 4. The van der Waals surface area contributed by atoms with Crippen molar-refractivity contribution in [3.05, 3.63) is 123 Å². The van der Waals surface area contributed by atoms with Gasteiger partial charge in [-0.3, -0.25) is 0 Å². The van der Waals surface area contributed by atoms with Crippen LogP contribution in [0.2, 0.25) is 0 Å². The number of hydrogen-bond acceptors (Lipinski definition) is 4. The first-order valence-electron chi connectivity index (χ1n) is 12.0. The Bertz CT molecular complexity index is 1520. The van der Waals surface area contributed by atoms with Gasteiger partial charge in [-0.2, -0.15) is 4.31 Å². The highest BCUT2D eigenvalue weighted by Gasteiger charge is 2.42. The lowest BCUT2D eigenvalue weighted by molar-refractivity contribution is 0.319. The van der Waals surface area contributed by atoms with E-state index in [1.807, 2.05) is 85.8 Å². The van der Waals surface area contributed by atoms with E-state index in [0.29, 0.717) is 11.5 Å². The second-order valence-corrected chi connectivity index (χ2v) is 11.9. The molecule has 0 fully saturated rings. The van der Waals surface area contributed by atoms with E-state index in [-0.39, 0.29) is 17.4 Å². The first-order valence-corrected chi connectivity index (χ1v) is 14.2. The highest BCUT2D eigenvalue weighted by atomic mass is 79.9. The zero-order valence-corrected chi connectivity index (χ0v) is 23.3. The average Bonchev–Trinajstić information content (AvgIpc) is 2.92. The van der Waals surface area contributed by atoms with Gasteiger partial charge >= 0.3 is 0 Å². The monoisotopic (exact) mass is 577 g/mol. The van der Waals surface area contributed by atoms with Crippen LogP contribution in [0.15, 0.2) is 100 Å². The van der Waals surface area contributed by atoms with Gasteiger partial charge in [0.15, 0.2) is 11.5 Å². The quantitative estimate of drug-likeness (QED) is 0.256. The van der Waals surface area contributed by atoms with Crippen molar-refractivity contribution in [3.8, 4) is 11.5 Å². The summed E-state index contributed by atoms with van der Waals surface area (Å²) in [7, 11) is -0.654. The van der Waals surface area contributed by atoms with Crippen molar-refractivity contribution in [3.63, 3.8) is 0 Å². The van der Waals surface area contributed by atoms with E-state index < -0.39 is 16.1 Å². The predicted molar refractivity (Wildman–Crippen MR) is 149 cm³/mol. The predicted octanol–water partition coefficient (Wildman–Crippen LogP) is 6.70. The molecule has 190 valence electrons. The van der Waals surface area contributed by atoms with Gasteiger partial charge in [0, 0.05) is 16.9 Å². The van der Waals surface area contributed by atoms with E-state index >= 15 is 0 Å². The van der Waals surface area contributed by atoms with Crippen LogP contribution in [0.25, 0.3) is 0 Å². The van der Waals surface area contributed by atoms with Crippen molar-refractivity contribution in [2.45, 2.75) is 23.8 Å². The largest absolute Gasteiger partial charge is 0.493 e. The lowest BCUT2D eigenvalue weighted by Gasteiger charge is -2.41. The van der Waals surface area contributed by atoms with Gasteiger partial charge in [-0.05, 0) is 59.5 Å². The normalized spacial score (nSPS) is 17.7. The summed E-state index contributed by atoms with van der Waals surface area (Å²) in [5.74, 6) is 0.938. The second kappa shape index (κ2) is 10.3. The maximum atomic E-state index is 14.3. The summed E-state index contributed by atoms with van der Waals surface area (Å²) in [6, 6.07) is 28.1. The first-order chi connectivity index (χ1) is 17.8. The van der Waals surface area contributed by atoms with E-state index in [9.17, 15) is 8.42 Å². The minimum atomic E-state index is -3.86. The third-order valence-corrected chi connectivity index (χ3v) is 9.50. The van der Waals surface area contributed by atoms with Gasteiger partial charge in [0.1, 0.15) is 0 Å². The van der Waals surface area contributed by atoms with Crippen LogP contribution >= 0.6 is 15.9 Å². The van der Waals surface area contributed by atoms with Crippen LogP contribution in [-0.2, 0) is 10.0 Å². The molecule has 0 bridgehead atoms. The van der Waals surface area contributed by atoms with Crippen molar-refractivity contribution in [2.75, 3.05) is 20.8 Å². The molecule has 4 aromatic rings. The molecular formula is C30H28BrNO4S. The van der Waals surface area contributed by atoms with Crippen LogP contribution in [-0.4, -0.2) is 33.5 Å². The maximum absolute atomic E-state index is 14.3. The fraction of sp³-hybridized carbons (Fsp3) is 0.200. The zero-order valence-electron chi connectivity index (χ0n) is 20.9. The molecule has 0 saturated heterocycles. The van der Waals surface area contributed by atoms with Gasteiger partial charge in [-0.25, -0.2) is 8.42 Å². The third kappa shape index (κ3) is 4.67. The van der Waals surface area contributed by atoms with E-state index in [1.54, 1.807) is 30.7 Å². The van der Waals surface area contributed by atoms with Crippen LogP contribution < -0.4 is 9.47 Å².